The molecule has 1 aliphatic rings. The highest BCUT2D eigenvalue weighted by Crippen LogP contribution is 2.24. The van der Waals surface area contributed by atoms with Gasteiger partial charge in [-0.15, -0.1) is 0 Å². The van der Waals surface area contributed by atoms with Gasteiger partial charge in [0.1, 0.15) is 0 Å². The van der Waals surface area contributed by atoms with Gasteiger partial charge in [-0.05, 0) is 32.7 Å². The zero-order valence-electron chi connectivity index (χ0n) is 9.91. The molecule has 0 aromatic heterocycles. The lowest BCUT2D eigenvalue weighted by Crippen LogP contribution is -2.35. The minimum Gasteiger partial charge on any atom is -0.481 e. The van der Waals surface area contributed by atoms with Crippen molar-refractivity contribution in [3.63, 3.8) is 0 Å². The van der Waals surface area contributed by atoms with Gasteiger partial charge in [-0.25, -0.2) is 0 Å². The summed E-state index contributed by atoms with van der Waals surface area (Å²) in [5.74, 6) is 0.0954. The maximum atomic E-state index is 10.6. The van der Waals surface area contributed by atoms with Crippen LogP contribution < -0.4 is 0 Å². The minimum atomic E-state index is -0.696. The van der Waals surface area contributed by atoms with Gasteiger partial charge in [0.2, 0.25) is 0 Å². The van der Waals surface area contributed by atoms with Crippen LogP contribution >= 0.6 is 0 Å². The summed E-state index contributed by atoms with van der Waals surface area (Å²) >= 11 is 0. The van der Waals surface area contributed by atoms with Crippen molar-refractivity contribution in [1.29, 1.82) is 0 Å². The van der Waals surface area contributed by atoms with E-state index in [0.717, 1.165) is 12.5 Å². The standard InChI is InChI=1S/C12H23NO2/c1-10(8-12(14)15)13(2)9-11-6-4-3-5-7-11/h10-11H,3-9H2,1-2H3,(H,14,15). The zero-order valence-corrected chi connectivity index (χ0v) is 9.91. The van der Waals surface area contributed by atoms with E-state index in [1.54, 1.807) is 0 Å². The summed E-state index contributed by atoms with van der Waals surface area (Å²) in [6.45, 7) is 3.06. The summed E-state index contributed by atoms with van der Waals surface area (Å²) in [7, 11) is 2.04. The van der Waals surface area contributed by atoms with E-state index in [4.69, 9.17) is 5.11 Å². The predicted octanol–water partition coefficient (Wildman–Crippen LogP) is 2.36. The Morgan fingerprint density at radius 3 is 2.53 bits per heavy atom. The number of rotatable bonds is 5. The van der Waals surface area contributed by atoms with Gasteiger partial charge in [0.25, 0.3) is 0 Å². The molecule has 0 aromatic carbocycles. The topological polar surface area (TPSA) is 40.5 Å². The molecule has 1 atom stereocenters. The Kier molecular flexibility index (Phi) is 5.09. The maximum absolute atomic E-state index is 10.6. The summed E-state index contributed by atoms with van der Waals surface area (Å²) in [6.07, 6.45) is 6.99. The second-order valence-corrected chi connectivity index (χ2v) is 4.89. The Balaban J connectivity index is 2.26. The van der Waals surface area contributed by atoms with Gasteiger partial charge < -0.3 is 10.0 Å². The summed E-state index contributed by atoms with van der Waals surface area (Å²) in [6, 6.07) is 0.157. The number of hydrogen-bond donors (Lipinski definition) is 1. The third-order valence-electron chi connectivity index (χ3n) is 3.49. The fourth-order valence-corrected chi connectivity index (χ4v) is 2.37. The molecule has 1 unspecified atom stereocenters. The SMILES string of the molecule is CC(CC(=O)O)N(C)CC1CCCCC1. The first-order chi connectivity index (χ1) is 7.09. The number of carboxylic acids is 1. The molecule has 0 heterocycles. The van der Waals surface area contributed by atoms with Crippen molar-refractivity contribution in [2.45, 2.75) is 51.5 Å². The first kappa shape index (κ1) is 12.5. The Labute approximate surface area is 92.5 Å². The van der Waals surface area contributed by atoms with Gasteiger partial charge >= 0.3 is 5.97 Å². The van der Waals surface area contributed by atoms with Crippen molar-refractivity contribution < 1.29 is 9.90 Å². The number of carboxylic acid groups (broad SMARTS) is 1. The van der Waals surface area contributed by atoms with Crippen molar-refractivity contribution in [3.8, 4) is 0 Å². The molecule has 0 aromatic rings. The lowest BCUT2D eigenvalue weighted by atomic mass is 9.89. The quantitative estimate of drug-likeness (QED) is 0.762. The van der Waals surface area contributed by atoms with Crippen LogP contribution in [0.2, 0.25) is 0 Å². The molecule has 1 N–H and O–H groups in total. The highest BCUT2D eigenvalue weighted by Gasteiger charge is 2.19. The van der Waals surface area contributed by atoms with Crippen LogP contribution in [0.5, 0.6) is 0 Å². The second kappa shape index (κ2) is 6.11. The average molecular weight is 213 g/mol. The van der Waals surface area contributed by atoms with Gasteiger partial charge in [0.15, 0.2) is 0 Å². The fraction of sp³-hybridized carbons (Fsp3) is 0.917. The minimum absolute atomic E-state index is 0.157. The molecule has 1 rings (SSSR count). The Hall–Kier alpha value is -0.570. The lowest BCUT2D eigenvalue weighted by molar-refractivity contribution is -0.138. The number of hydrogen-bond acceptors (Lipinski definition) is 2. The van der Waals surface area contributed by atoms with E-state index in [2.05, 4.69) is 4.90 Å². The highest BCUT2D eigenvalue weighted by atomic mass is 16.4. The molecule has 1 fully saturated rings. The third kappa shape index (κ3) is 4.65. The predicted molar refractivity (Wildman–Crippen MR) is 60.9 cm³/mol. The fourth-order valence-electron chi connectivity index (χ4n) is 2.37. The van der Waals surface area contributed by atoms with Crippen LogP contribution in [0.15, 0.2) is 0 Å². The van der Waals surface area contributed by atoms with E-state index in [-0.39, 0.29) is 12.5 Å². The molecule has 0 spiro atoms. The highest BCUT2D eigenvalue weighted by molar-refractivity contribution is 5.67. The van der Waals surface area contributed by atoms with E-state index >= 15 is 0 Å². The first-order valence-electron chi connectivity index (χ1n) is 6.01. The summed E-state index contributed by atoms with van der Waals surface area (Å²) in [5, 5.41) is 8.71. The summed E-state index contributed by atoms with van der Waals surface area (Å²) < 4.78 is 0. The average Bonchev–Trinajstić information content (AvgIpc) is 2.18. The van der Waals surface area contributed by atoms with Crippen molar-refractivity contribution in [2.24, 2.45) is 5.92 Å². The van der Waals surface area contributed by atoms with Crippen LogP contribution in [0.4, 0.5) is 0 Å². The van der Waals surface area contributed by atoms with Crippen molar-refractivity contribution >= 4 is 5.97 Å². The molecule has 3 nitrogen and oxygen atoms in total. The molecular formula is C12H23NO2. The van der Waals surface area contributed by atoms with Gasteiger partial charge in [0.05, 0.1) is 6.42 Å². The van der Waals surface area contributed by atoms with Crippen LogP contribution in [0, 0.1) is 5.92 Å². The summed E-state index contributed by atoms with van der Waals surface area (Å²) in [4.78, 5) is 12.8. The molecular weight excluding hydrogens is 190 g/mol. The number of aliphatic carboxylic acids is 1. The van der Waals surface area contributed by atoms with Crippen LogP contribution in [0.3, 0.4) is 0 Å². The number of nitrogens with zero attached hydrogens (tertiary/aromatic N) is 1. The van der Waals surface area contributed by atoms with Gasteiger partial charge in [-0.3, -0.25) is 4.79 Å². The zero-order chi connectivity index (χ0) is 11.3. The van der Waals surface area contributed by atoms with Crippen molar-refractivity contribution in [3.05, 3.63) is 0 Å². The van der Waals surface area contributed by atoms with Crippen LogP contribution in [0.1, 0.15) is 45.4 Å². The molecule has 88 valence electrons. The normalized spacial score (nSPS) is 20.5. The molecule has 0 aliphatic heterocycles. The molecule has 1 saturated carbocycles. The Morgan fingerprint density at radius 1 is 1.40 bits per heavy atom. The largest absolute Gasteiger partial charge is 0.481 e. The molecule has 3 heteroatoms. The maximum Gasteiger partial charge on any atom is 0.304 e. The molecule has 15 heavy (non-hydrogen) atoms. The van der Waals surface area contributed by atoms with Crippen LogP contribution in [-0.4, -0.2) is 35.6 Å². The Morgan fingerprint density at radius 2 is 2.00 bits per heavy atom. The van der Waals surface area contributed by atoms with Gasteiger partial charge in [0, 0.05) is 12.6 Å². The molecule has 0 radical (unpaired) electrons. The Bertz CT molecular complexity index is 200. The molecule has 0 amide bonds. The van der Waals surface area contributed by atoms with E-state index in [1.807, 2.05) is 14.0 Å². The molecule has 1 aliphatic carbocycles. The number of carbonyl (C=O) groups is 1. The van der Waals surface area contributed by atoms with Gasteiger partial charge in [-0.2, -0.15) is 0 Å². The monoisotopic (exact) mass is 213 g/mol. The van der Waals surface area contributed by atoms with E-state index in [1.165, 1.54) is 32.1 Å². The van der Waals surface area contributed by atoms with Gasteiger partial charge in [-0.1, -0.05) is 19.3 Å². The smallest absolute Gasteiger partial charge is 0.304 e. The lowest BCUT2D eigenvalue weighted by Gasteiger charge is -2.30. The van der Waals surface area contributed by atoms with Crippen molar-refractivity contribution in [2.75, 3.05) is 13.6 Å². The van der Waals surface area contributed by atoms with Crippen LogP contribution in [-0.2, 0) is 4.79 Å². The molecule has 0 bridgehead atoms. The van der Waals surface area contributed by atoms with E-state index in [9.17, 15) is 4.79 Å². The van der Waals surface area contributed by atoms with Crippen LogP contribution in [0.25, 0.3) is 0 Å². The van der Waals surface area contributed by atoms with Crippen molar-refractivity contribution in [1.82, 2.24) is 4.90 Å². The van der Waals surface area contributed by atoms with E-state index < -0.39 is 5.97 Å². The first-order valence-corrected chi connectivity index (χ1v) is 6.01. The van der Waals surface area contributed by atoms with E-state index in [0.29, 0.717) is 0 Å². The third-order valence-corrected chi connectivity index (χ3v) is 3.49. The summed E-state index contributed by atoms with van der Waals surface area (Å²) in [5.41, 5.74) is 0. The second-order valence-electron chi connectivity index (χ2n) is 4.89. The molecule has 0 saturated heterocycles.